The van der Waals surface area contributed by atoms with Gasteiger partial charge in [-0.2, -0.15) is 0 Å². The molecule has 15 heavy (non-hydrogen) atoms. The largest absolute Gasteiger partial charge is 0.324 e. The third kappa shape index (κ3) is 1.95. The fraction of sp³-hybridized carbons (Fsp3) is 0.455. The average molecular weight is 221 g/mol. The van der Waals surface area contributed by atoms with Crippen LogP contribution in [-0.4, -0.2) is 15.2 Å². The highest BCUT2D eigenvalue weighted by atomic mass is 32.1. The predicted octanol–water partition coefficient (Wildman–Crippen LogP) is 3.27. The van der Waals surface area contributed by atoms with E-state index in [2.05, 4.69) is 42.0 Å². The van der Waals surface area contributed by atoms with Crippen molar-refractivity contribution < 1.29 is 0 Å². The van der Waals surface area contributed by atoms with Crippen LogP contribution in [0, 0.1) is 13.8 Å². The van der Waals surface area contributed by atoms with Gasteiger partial charge in [-0.05, 0) is 31.4 Å². The van der Waals surface area contributed by atoms with E-state index in [-0.39, 0.29) is 0 Å². The maximum atomic E-state index is 4.10. The number of H-pyrrole nitrogens is 1. The Morgan fingerprint density at radius 3 is 2.47 bits per heavy atom. The van der Waals surface area contributed by atoms with Crippen molar-refractivity contribution in [3.8, 4) is 10.7 Å². The fourth-order valence-corrected chi connectivity index (χ4v) is 2.76. The summed E-state index contributed by atoms with van der Waals surface area (Å²) in [7, 11) is 0. The zero-order valence-corrected chi connectivity index (χ0v) is 10.3. The van der Waals surface area contributed by atoms with E-state index < -0.39 is 0 Å². The normalized spacial score (nSPS) is 11.3. The number of hydrogen-bond acceptors (Lipinski definition) is 3. The molecule has 0 aliphatic heterocycles. The van der Waals surface area contributed by atoms with Gasteiger partial charge in [0.1, 0.15) is 5.82 Å². The van der Waals surface area contributed by atoms with E-state index >= 15 is 0 Å². The van der Waals surface area contributed by atoms with Crippen LogP contribution in [0.25, 0.3) is 10.7 Å². The number of aromatic nitrogens is 3. The second kappa shape index (κ2) is 3.77. The van der Waals surface area contributed by atoms with Crippen LogP contribution in [-0.2, 0) is 0 Å². The van der Waals surface area contributed by atoms with Gasteiger partial charge in [0.05, 0.1) is 4.88 Å². The van der Waals surface area contributed by atoms with Crippen LogP contribution < -0.4 is 0 Å². The summed E-state index contributed by atoms with van der Waals surface area (Å²) in [6, 6.07) is 2.21. The summed E-state index contributed by atoms with van der Waals surface area (Å²) in [5, 5.41) is 8.08. The SMILES string of the molecule is Cc1nnc(-c2cc(C(C)C)c(C)s2)[nH]1. The highest BCUT2D eigenvalue weighted by Gasteiger charge is 2.12. The zero-order valence-electron chi connectivity index (χ0n) is 9.46. The number of hydrogen-bond donors (Lipinski definition) is 1. The number of aryl methyl sites for hydroxylation is 2. The molecule has 0 radical (unpaired) electrons. The maximum absolute atomic E-state index is 4.10. The summed E-state index contributed by atoms with van der Waals surface area (Å²) in [6.07, 6.45) is 0. The average Bonchev–Trinajstić information content (AvgIpc) is 2.71. The monoisotopic (exact) mass is 221 g/mol. The first-order valence-electron chi connectivity index (χ1n) is 5.08. The summed E-state index contributed by atoms with van der Waals surface area (Å²) in [4.78, 5) is 5.71. The summed E-state index contributed by atoms with van der Waals surface area (Å²) < 4.78 is 0. The molecule has 0 unspecified atom stereocenters. The van der Waals surface area contributed by atoms with Crippen molar-refractivity contribution in [2.24, 2.45) is 0 Å². The summed E-state index contributed by atoms with van der Waals surface area (Å²) in [5.41, 5.74) is 1.41. The van der Waals surface area contributed by atoms with Crippen LogP contribution in [0.4, 0.5) is 0 Å². The van der Waals surface area contributed by atoms with E-state index in [4.69, 9.17) is 0 Å². The second-order valence-electron chi connectivity index (χ2n) is 4.04. The lowest BCUT2D eigenvalue weighted by molar-refractivity contribution is 0.864. The number of aromatic amines is 1. The molecular formula is C11H15N3S. The second-order valence-corrected chi connectivity index (χ2v) is 5.29. The van der Waals surface area contributed by atoms with Crippen molar-refractivity contribution in [2.75, 3.05) is 0 Å². The first kappa shape index (κ1) is 10.4. The molecule has 2 aromatic rings. The fourth-order valence-electron chi connectivity index (χ4n) is 1.64. The minimum atomic E-state index is 0.569. The molecule has 0 atom stereocenters. The van der Waals surface area contributed by atoms with Crippen LogP contribution in [0.5, 0.6) is 0 Å². The molecule has 0 aliphatic rings. The Kier molecular flexibility index (Phi) is 2.61. The van der Waals surface area contributed by atoms with Crippen LogP contribution in [0.2, 0.25) is 0 Å². The molecule has 0 fully saturated rings. The van der Waals surface area contributed by atoms with Crippen LogP contribution in [0.3, 0.4) is 0 Å². The number of nitrogens with zero attached hydrogens (tertiary/aromatic N) is 2. The van der Waals surface area contributed by atoms with Gasteiger partial charge < -0.3 is 4.98 Å². The van der Waals surface area contributed by atoms with Gasteiger partial charge in [-0.3, -0.25) is 0 Å². The van der Waals surface area contributed by atoms with Gasteiger partial charge in [-0.15, -0.1) is 21.5 Å². The van der Waals surface area contributed by atoms with Crippen molar-refractivity contribution in [2.45, 2.75) is 33.6 Å². The molecular weight excluding hydrogens is 206 g/mol. The van der Waals surface area contributed by atoms with Crippen LogP contribution in [0.1, 0.15) is 36.0 Å². The Bertz CT molecular complexity index is 468. The van der Waals surface area contributed by atoms with Gasteiger partial charge in [0, 0.05) is 4.88 Å². The quantitative estimate of drug-likeness (QED) is 0.845. The highest BCUT2D eigenvalue weighted by Crippen LogP contribution is 2.32. The molecule has 1 N–H and O–H groups in total. The Morgan fingerprint density at radius 2 is 2.00 bits per heavy atom. The molecule has 80 valence electrons. The molecule has 0 spiro atoms. The Hall–Kier alpha value is -1.16. The number of thiophene rings is 1. The standard InChI is InChI=1S/C11H15N3S/c1-6(2)9-5-10(15-7(9)3)11-12-8(4)13-14-11/h5-6H,1-4H3,(H,12,13,14). The first-order chi connectivity index (χ1) is 7.08. The van der Waals surface area contributed by atoms with Gasteiger partial charge in [-0.1, -0.05) is 13.8 Å². The molecule has 0 bridgehead atoms. The maximum Gasteiger partial charge on any atom is 0.171 e. The van der Waals surface area contributed by atoms with Gasteiger partial charge in [0.15, 0.2) is 5.82 Å². The molecule has 0 amide bonds. The predicted molar refractivity (Wildman–Crippen MR) is 63.3 cm³/mol. The molecule has 2 aromatic heterocycles. The minimum absolute atomic E-state index is 0.569. The van der Waals surface area contributed by atoms with Crippen molar-refractivity contribution in [3.63, 3.8) is 0 Å². The van der Waals surface area contributed by atoms with Gasteiger partial charge in [0.2, 0.25) is 0 Å². The van der Waals surface area contributed by atoms with Gasteiger partial charge in [0.25, 0.3) is 0 Å². The summed E-state index contributed by atoms with van der Waals surface area (Å²) >= 11 is 1.78. The van der Waals surface area contributed by atoms with E-state index in [9.17, 15) is 0 Å². The van der Waals surface area contributed by atoms with Crippen molar-refractivity contribution in [1.29, 1.82) is 0 Å². The molecule has 3 nitrogen and oxygen atoms in total. The Labute approximate surface area is 93.6 Å². The van der Waals surface area contributed by atoms with Gasteiger partial charge >= 0.3 is 0 Å². The lowest BCUT2D eigenvalue weighted by atomic mass is 10.0. The molecule has 4 heteroatoms. The molecule has 0 aromatic carbocycles. The number of nitrogens with one attached hydrogen (secondary N) is 1. The first-order valence-corrected chi connectivity index (χ1v) is 5.89. The van der Waals surface area contributed by atoms with Crippen LogP contribution >= 0.6 is 11.3 Å². The zero-order chi connectivity index (χ0) is 11.0. The van der Waals surface area contributed by atoms with Gasteiger partial charge in [-0.25, -0.2) is 0 Å². The molecule has 0 saturated heterocycles. The van der Waals surface area contributed by atoms with Crippen molar-refractivity contribution in [3.05, 3.63) is 22.3 Å². The minimum Gasteiger partial charge on any atom is -0.324 e. The lowest BCUT2D eigenvalue weighted by Crippen LogP contribution is -1.84. The van der Waals surface area contributed by atoms with E-state index in [1.807, 2.05) is 6.92 Å². The Morgan fingerprint density at radius 1 is 1.27 bits per heavy atom. The summed E-state index contributed by atoms with van der Waals surface area (Å²) in [6.45, 7) is 8.50. The third-order valence-corrected chi connectivity index (χ3v) is 3.48. The van der Waals surface area contributed by atoms with E-state index in [1.54, 1.807) is 11.3 Å². The van der Waals surface area contributed by atoms with E-state index in [0.717, 1.165) is 11.6 Å². The van der Waals surface area contributed by atoms with Crippen molar-refractivity contribution in [1.82, 2.24) is 15.2 Å². The number of rotatable bonds is 2. The molecule has 2 heterocycles. The highest BCUT2D eigenvalue weighted by molar-refractivity contribution is 7.15. The Balaban J connectivity index is 2.42. The molecule has 0 saturated carbocycles. The van der Waals surface area contributed by atoms with E-state index in [0.29, 0.717) is 5.92 Å². The summed E-state index contributed by atoms with van der Waals surface area (Å²) in [5.74, 6) is 2.31. The third-order valence-electron chi connectivity index (χ3n) is 2.41. The molecule has 2 rings (SSSR count). The lowest BCUT2D eigenvalue weighted by Gasteiger charge is -2.01. The van der Waals surface area contributed by atoms with Crippen molar-refractivity contribution >= 4 is 11.3 Å². The molecule has 0 aliphatic carbocycles. The topological polar surface area (TPSA) is 41.6 Å². The smallest absolute Gasteiger partial charge is 0.171 e. The van der Waals surface area contributed by atoms with E-state index in [1.165, 1.54) is 15.3 Å². The van der Waals surface area contributed by atoms with Crippen LogP contribution in [0.15, 0.2) is 6.07 Å².